The molecule has 1 N–H and O–H groups in total. The first-order valence-corrected chi connectivity index (χ1v) is 9.25. The van der Waals surface area contributed by atoms with Crippen LogP contribution in [0.25, 0.3) is 0 Å². The zero-order valence-electron chi connectivity index (χ0n) is 13.7. The molecular formula is C19H18N2O3S. The molecule has 1 aromatic heterocycles. The first kappa shape index (κ1) is 17.1. The van der Waals surface area contributed by atoms with Crippen molar-refractivity contribution in [2.24, 2.45) is 0 Å². The molecule has 1 heterocycles. The summed E-state index contributed by atoms with van der Waals surface area (Å²) in [6, 6.07) is 19.4. The fourth-order valence-electron chi connectivity index (χ4n) is 2.29. The highest BCUT2D eigenvalue weighted by Gasteiger charge is 2.13. The zero-order chi connectivity index (χ0) is 17.7. The van der Waals surface area contributed by atoms with Crippen molar-refractivity contribution in [2.75, 3.05) is 0 Å². The van der Waals surface area contributed by atoms with Gasteiger partial charge in [-0.3, -0.25) is 0 Å². The van der Waals surface area contributed by atoms with Gasteiger partial charge in [0.2, 0.25) is 15.9 Å². The van der Waals surface area contributed by atoms with E-state index in [1.54, 1.807) is 42.6 Å². The van der Waals surface area contributed by atoms with Gasteiger partial charge < -0.3 is 4.74 Å². The molecule has 0 unspecified atom stereocenters. The van der Waals surface area contributed by atoms with Gasteiger partial charge in [0.05, 0.1) is 4.90 Å². The monoisotopic (exact) mass is 354 g/mol. The van der Waals surface area contributed by atoms with Crippen LogP contribution < -0.4 is 9.46 Å². The van der Waals surface area contributed by atoms with E-state index in [1.807, 2.05) is 37.3 Å². The molecule has 0 aliphatic rings. The maximum absolute atomic E-state index is 12.4. The lowest BCUT2D eigenvalue weighted by molar-refractivity contribution is 0.462. The van der Waals surface area contributed by atoms with Crippen molar-refractivity contribution in [3.05, 3.63) is 84.1 Å². The van der Waals surface area contributed by atoms with Crippen molar-refractivity contribution in [2.45, 2.75) is 18.4 Å². The lowest BCUT2D eigenvalue weighted by atomic mass is 10.2. The van der Waals surface area contributed by atoms with Crippen molar-refractivity contribution in [3.63, 3.8) is 0 Å². The minimum Gasteiger partial charge on any atom is -0.439 e. The highest BCUT2D eigenvalue weighted by atomic mass is 32.2. The van der Waals surface area contributed by atoms with Crippen LogP contribution in [0.4, 0.5) is 0 Å². The second kappa shape index (κ2) is 7.46. The van der Waals surface area contributed by atoms with Crippen molar-refractivity contribution in [1.29, 1.82) is 0 Å². The number of aromatic nitrogens is 1. The van der Waals surface area contributed by atoms with Gasteiger partial charge in [0.25, 0.3) is 0 Å². The number of pyridine rings is 1. The van der Waals surface area contributed by atoms with Crippen LogP contribution in [0.15, 0.2) is 77.8 Å². The lowest BCUT2D eigenvalue weighted by Gasteiger charge is -2.09. The minimum absolute atomic E-state index is 0.176. The van der Waals surface area contributed by atoms with E-state index in [-0.39, 0.29) is 11.4 Å². The summed E-state index contributed by atoms with van der Waals surface area (Å²) in [6.07, 6.45) is 1.65. The third kappa shape index (κ3) is 4.65. The summed E-state index contributed by atoms with van der Waals surface area (Å²) in [7, 11) is -3.56. The Morgan fingerprint density at radius 3 is 2.60 bits per heavy atom. The highest BCUT2D eigenvalue weighted by molar-refractivity contribution is 7.89. The van der Waals surface area contributed by atoms with Crippen molar-refractivity contribution < 1.29 is 13.2 Å². The van der Waals surface area contributed by atoms with E-state index in [1.165, 1.54) is 0 Å². The number of rotatable bonds is 6. The minimum atomic E-state index is -3.56. The van der Waals surface area contributed by atoms with Crippen LogP contribution >= 0.6 is 0 Å². The van der Waals surface area contributed by atoms with Gasteiger partial charge in [0, 0.05) is 18.8 Å². The molecule has 3 aromatic rings. The van der Waals surface area contributed by atoms with Gasteiger partial charge in [0.1, 0.15) is 5.75 Å². The Hall–Kier alpha value is -2.70. The molecule has 0 spiro atoms. The maximum atomic E-state index is 12.4. The van der Waals surface area contributed by atoms with E-state index >= 15 is 0 Å². The molecule has 3 rings (SSSR count). The van der Waals surface area contributed by atoms with Gasteiger partial charge in [-0.15, -0.1) is 0 Å². The molecular weight excluding hydrogens is 336 g/mol. The Balaban J connectivity index is 1.70. The maximum Gasteiger partial charge on any atom is 0.240 e. The van der Waals surface area contributed by atoms with E-state index in [0.29, 0.717) is 11.6 Å². The molecule has 0 aliphatic heterocycles. The van der Waals surface area contributed by atoms with E-state index in [0.717, 1.165) is 11.1 Å². The average molecular weight is 354 g/mol. The SMILES string of the molecule is Cc1cccc(S(=O)(=O)NCc2cccc(Oc3ccccn3)c2)c1. The molecule has 0 fully saturated rings. The third-order valence-electron chi connectivity index (χ3n) is 3.52. The van der Waals surface area contributed by atoms with Crippen LogP contribution in [0.1, 0.15) is 11.1 Å². The standard InChI is InChI=1S/C19H18N2O3S/c1-15-6-4-9-18(12-15)25(22,23)21-14-16-7-5-8-17(13-16)24-19-10-2-3-11-20-19/h2-13,21H,14H2,1H3. The van der Waals surface area contributed by atoms with Gasteiger partial charge in [-0.05, 0) is 48.4 Å². The molecule has 5 nitrogen and oxygen atoms in total. The van der Waals surface area contributed by atoms with Crippen LogP contribution in [-0.4, -0.2) is 13.4 Å². The van der Waals surface area contributed by atoms with E-state index in [4.69, 9.17) is 4.74 Å². The quantitative estimate of drug-likeness (QED) is 0.733. The molecule has 0 saturated heterocycles. The topological polar surface area (TPSA) is 68.3 Å². The Morgan fingerprint density at radius 2 is 1.84 bits per heavy atom. The molecule has 25 heavy (non-hydrogen) atoms. The zero-order valence-corrected chi connectivity index (χ0v) is 14.5. The van der Waals surface area contributed by atoms with E-state index in [2.05, 4.69) is 9.71 Å². The second-order valence-electron chi connectivity index (χ2n) is 5.56. The number of sulfonamides is 1. The summed E-state index contributed by atoms with van der Waals surface area (Å²) in [5, 5.41) is 0. The molecule has 0 bridgehead atoms. The predicted octanol–water partition coefficient (Wildman–Crippen LogP) is 3.66. The van der Waals surface area contributed by atoms with Crippen molar-refractivity contribution in [3.8, 4) is 11.6 Å². The van der Waals surface area contributed by atoms with Crippen LogP contribution in [-0.2, 0) is 16.6 Å². The Morgan fingerprint density at radius 1 is 1.00 bits per heavy atom. The van der Waals surface area contributed by atoms with Gasteiger partial charge in [-0.2, -0.15) is 0 Å². The van der Waals surface area contributed by atoms with Gasteiger partial charge >= 0.3 is 0 Å². The summed E-state index contributed by atoms with van der Waals surface area (Å²) < 4.78 is 33.0. The first-order valence-electron chi connectivity index (χ1n) is 7.77. The normalized spacial score (nSPS) is 11.2. The van der Waals surface area contributed by atoms with Crippen LogP contribution in [0.3, 0.4) is 0 Å². The molecule has 0 radical (unpaired) electrons. The number of nitrogens with one attached hydrogen (secondary N) is 1. The van der Waals surface area contributed by atoms with Crippen LogP contribution in [0, 0.1) is 6.92 Å². The molecule has 0 amide bonds. The molecule has 2 aromatic carbocycles. The van der Waals surface area contributed by atoms with Crippen LogP contribution in [0.2, 0.25) is 0 Å². The number of aryl methyl sites for hydroxylation is 1. The smallest absolute Gasteiger partial charge is 0.240 e. The summed E-state index contributed by atoms with van der Waals surface area (Å²) in [5.41, 5.74) is 1.69. The van der Waals surface area contributed by atoms with Gasteiger partial charge in [-0.25, -0.2) is 18.1 Å². The number of hydrogen-bond acceptors (Lipinski definition) is 4. The third-order valence-corrected chi connectivity index (χ3v) is 4.92. The largest absolute Gasteiger partial charge is 0.439 e. The van der Waals surface area contributed by atoms with E-state index in [9.17, 15) is 8.42 Å². The fourth-order valence-corrected chi connectivity index (χ4v) is 3.41. The number of ether oxygens (including phenoxy) is 1. The number of benzene rings is 2. The van der Waals surface area contributed by atoms with Crippen molar-refractivity contribution >= 4 is 10.0 Å². The molecule has 128 valence electrons. The van der Waals surface area contributed by atoms with Gasteiger partial charge in [-0.1, -0.05) is 30.3 Å². The number of nitrogens with zero attached hydrogens (tertiary/aromatic N) is 1. The second-order valence-corrected chi connectivity index (χ2v) is 7.33. The summed E-state index contributed by atoms with van der Waals surface area (Å²) in [5.74, 6) is 1.09. The molecule has 0 atom stereocenters. The lowest BCUT2D eigenvalue weighted by Crippen LogP contribution is -2.23. The summed E-state index contributed by atoms with van der Waals surface area (Å²) in [6.45, 7) is 2.03. The Labute approximate surface area is 147 Å². The Bertz CT molecular complexity index is 957. The molecule has 0 saturated carbocycles. The number of hydrogen-bond donors (Lipinski definition) is 1. The van der Waals surface area contributed by atoms with Crippen LogP contribution in [0.5, 0.6) is 11.6 Å². The fraction of sp³-hybridized carbons (Fsp3) is 0.105. The Kier molecular flexibility index (Phi) is 5.11. The molecule has 0 aliphatic carbocycles. The highest BCUT2D eigenvalue weighted by Crippen LogP contribution is 2.20. The van der Waals surface area contributed by atoms with Crippen molar-refractivity contribution in [1.82, 2.24) is 9.71 Å². The van der Waals surface area contributed by atoms with Gasteiger partial charge in [0.15, 0.2) is 0 Å². The average Bonchev–Trinajstić information content (AvgIpc) is 2.61. The predicted molar refractivity (Wildman–Crippen MR) is 96.0 cm³/mol. The summed E-state index contributed by atoms with van der Waals surface area (Å²) in [4.78, 5) is 4.36. The first-order chi connectivity index (χ1) is 12.0. The van der Waals surface area contributed by atoms with E-state index < -0.39 is 10.0 Å². The molecule has 6 heteroatoms. The summed E-state index contributed by atoms with van der Waals surface area (Å²) >= 11 is 0.